The van der Waals surface area contributed by atoms with Crippen molar-refractivity contribution in [2.24, 2.45) is 0 Å². The Kier molecular flexibility index (Phi) is 21.7. The first kappa shape index (κ1) is 17.8. The predicted octanol–water partition coefficient (Wildman–Crippen LogP) is -0.232. The topological polar surface area (TPSA) is 80.3 Å². The van der Waals surface area contributed by atoms with Gasteiger partial charge in [0.2, 0.25) is 0 Å². The van der Waals surface area contributed by atoms with E-state index in [1.54, 1.807) is 13.8 Å². The zero-order valence-corrected chi connectivity index (χ0v) is 9.59. The van der Waals surface area contributed by atoms with Crippen LogP contribution >= 0.6 is 0 Å². The summed E-state index contributed by atoms with van der Waals surface area (Å²) in [5.74, 6) is 0.444. The van der Waals surface area contributed by atoms with Crippen molar-refractivity contribution in [1.82, 2.24) is 0 Å². The molecule has 0 aromatic rings. The van der Waals surface area contributed by atoms with E-state index in [1.165, 1.54) is 0 Å². The summed E-state index contributed by atoms with van der Waals surface area (Å²) in [5.41, 5.74) is 0. The van der Waals surface area contributed by atoms with Gasteiger partial charge in [0.15, 0.2) is 0 Å². The monoisotopic (exact) mass is 288 g/mol. The smallest absolute Gasteiger partial charge is 0.772 e. The van der Waals surface area contributed by atoms with E-state index in [-0.39, 0.29) is 31.0 Å². The normalized spacial score (nSPS) is 13.5. The Balaban J connectivity index is -0.000000107. The number of hydrogen-bond acceptors (Lipinski definition) is 4. The summed E-state index contributed by atoms with van der Waals surface area (Å²) in [4.78, 5) is 0. The fourth-order valence-corrected chi connectivity index (χ4v) is 0. The minimum Gasteiger partial charge on any atom is -0.772 e. The third kappa shape index (κ3) is 36.1. The predicted molar refractivity (Wildman–Crippen MR) is 38.9 cm³/mol. The second-order valence-electron chi connectivity index (χ2n) is 1.18. The van der Waals surface area contributed by atoms with E-state index in [4.69, 9.17) is 0 Å². The first-order valence-corrected chi connectivity index (χ1v) is 5.15. The van der Waals surface area contributed by atoms with Gasteiger partial charge in [0.25, 0.3) is 0 Å². The van der Waals surface area contributed by atoms with Crippen LogP contribution in [0.2, 0.25) is 0 Å². The molecule has 0 aliphatic heterocycles. The van der Waals surface area contributed by atoms with Crippen LogP contribution in [0.5, 0.6) is 0 Å². The molecule has 0 radical (unpaired) electrons. The molecule has 4 nitrogen and oxygen atoms in total. The molecule has 0 fully saturated rings. The van der Waals surface area contributed by atoms with Crippen LogP contribution in [0, 0.1) is 0 Å². The minimum absolute atomic E-state index is 0. The van der Waals surface area contributed by atoms with Crippen LogP contribution in [0.4, 0.5) is 0 Å². The maximum Gasteiger partial charge on any atom is 2.00 e. The molecule has 0 saturated heterocycles. The molecule has 0 amide bonds. The first-order chi connectivity index (χ1) is 4.54. The van der Waals surface area contributed by atoms with Gasteiger partial charge < -0.3 is 9.11 Å². The minimum atomic E-state index is -1.82. The Morgan fingerprint density at radius 2 is 1.09 bits per heavy atom. The molecule has 70 valence electrons. The molecule has 0 heterocycles. The van der Waals surface area contributed by atoms with Crippen molar-refractivity contribution < 1.29 is 37.0 Å². The van der Waals surface area contributed by atoms with Crippen LogP contribution in [0.25, 0.3) is 0 Å². The molecule has 0 aromatic carbocycles. The Labute approximate surface area is 84.5 Å². The van der Waals surface area contributed by atoms with Gasteiger partial charge in [-0.05, 0) is 0 Å². The van der Waals surface area contributed by atoms with Gasteiger partial charge >= 0.3 is 19.5 Å². The van der Waals surface area contributed by atoms with Crippen molar-refractivity contribution in [3.8, 4) is 0 Å². The molecule has 2 unspecified atom stereocenters. The van der Waals surface area contributed by atoms with Gasteiger partial charge in [-0.25, -0.2) is 0 Å². The van der Waals surface area contributed by atoms with Crippen LogP contribution in [0.1, 0.15) is 13.8 Å². The van der Waals surface area contributed by atoms with Gasteiger partial charge in [0.05, 0.1) is 0 Å². The first-order valence-electron chi connectivity index (χ1n) is 2.66. The van der Waals surface area contributed by atoms with Crippen LogP contribution in [0.3, 0.4) is 0 Å². The molecule has 0 N–H and O–H groups in total. The summed E-state index contributed by atoms with van der Waals surface area (Å²) in [6.07, 6.45) is 0. The van der Waals surface area contributed by atoms with Crippen LogP contribution in [-0.4, -0.2) is 29.0 Å². The zero-order valence-electron chi connectivity index (χ0n) is 6.22. The fraction of sp³-hybridized carbons (Fsp3) is 1.00. The van der Waals surface area contributed by atoms with E-state index in [1.807, 2.05) is 0 Å². The Morgan fingerprint density at radius 1 is 1.00 bits per heavy atom. The van der Waals surface area contributed by atoms with E-state index < -0.39 is 22.2 Å². The van der Waals surface area contributed by atoms with Crippen LogP contribution in [0.15, 0.2) is 0 Å². The van der Waals surface area contributed by atoms with Gasteiger partial charge in [-0.1, -0.05) is 36.0 Å². The third-order valence-corrected chi connectivity index (χ3v) is 1.41. The summed E-state index contributed by atoms with van der Waals surface area (Å²) in [6.45, 7) is 3.17. The molecule has 0 aliphatic carbocycles. The summed E-state index contributed by atoms with van der Waals surface area (Å²) in [7, 11) is 0. The average Bonchev–Trinajstić information content (AvgIpc) is 1.89. The second-order valence-corrected chi connectivity index (χ2v) is 3.55. The zero-order chi connectivity index (χ0) is 8.57. The Bertz CT molecular complexity index is 105. The molecule has 7 heteroatoms. The van der Waals surface area contributed by atoms with Gasteiger partial charge in [-0.15, -0.1) is 0 Å². The molecule has 11 heavy (non-hydrogen) atoms. The van der Waals surface area contributed by atoms with Crippen molar-refractivity contribution in [1.29, 1.82) is 0 Å². The van der Waals surface area contributed by atoms with Crippen molar-refractivity contribution >= 4 is 22.2 Å². The fourth-order valence-electron chi connectivity index (χ4n) is 0. The van der Waals surface area contributed by atoms with Crippen molar-refractivity contribution in [3.63, 3.8) is 0 Å². The largest absolute Gasteiger partial charge is 2.00 e. The number of hydrogen-bond donors (Lipinski definition) is 0. The maximum atomic E-state index is 9.37. The Morgan fingerprint density at radius 3 is 1.09 bits per heavy atom. The maximum absolute atomic E-state index is 9.37. The van der Waals surface area contributed by atoms with Gasteiger partial charge in [-0.3, -0.25) is 8.42 Å². The van der Waals surface area contributed by atoms with Gasteiger partial charge in [0.1, 0.15) is 0 Å². The van der Waals surface area contributed by atoms with Crippen molar-refractivity contribution in [2.45, 2.75) is 13.8 Å². The van der Waals surface area contributed by atoms with Gasteiger partial charge in [0, 0.05) is 11.5 Å². The van der Waals surface area contributed by atoms with Crippen molar-refractivity contribution in [2.75, 3.05) is 11.5 Å². The third-order valence-electron chi connectivity index (χ3n) is 0.471. The summed E-state index contributed by atoms with van der Waals surface area (Å²) in [6, 6.07) is 0. The Hall–Kier alpha value is 0.843. The van der Waals surface area contributed by atoms with E-state index in [0.717, 1.165) is 0 Å². The van der Waals surface area contributed by atoms with Crippen LogP contribution in [-0.2, 0) is 41.6 Å². The quantitative estimate of drug-likeness (QED) is 0.519. The van der Waals surface area contributed by atoms with E-state index >= 15 is 0 Å². The summed E-state index contributed by atoms with van der Waals surface area (Å²) >= 11 is -3.65. The molecule has 0 aromatic heterocycles. The van der Waals surface area contributed by atoms with E-state index in [0.29, 0.717) is 0 Å². The molecule has 0 rings (SSSR count). The molecule has 0 spiro atoms. The summed E-state index contributed by atoms with van der Waals surface area (Å²) < 4.78 is 37.5. The molecule has 2 atom stereocenters. The molecular weight excluding hydrogens is 277 g/mol. The standard InChI is InChI=1S/2C2H6O2S.Ru/c2*1-2-5(3)4;/h2*2H2,1H3,(H,3,4);/q;;+2/p-2. The molecule has 0 bridgehead atoms. The molecule has 0 saturated carbocycles. The molecular formula is C4H10O4RuS2. The van der Waals surface area contributed by atoms with Crippen molar-refractivity contribution in [3.05, 3.63) is 0 Å². The SMILES string of the molecule is CCS(=O)[O-].CCS(=O)[O-].[Ru+2]. The van der Waals surface area contributed by atoms with E-state index in [9.17, 15) is 17.5 Å². The average molecular weight is 287 g/mol. The number of rotatable bonds is 2. The summed E-state index contributed by atoms with van der Waals surface area (Å²) in [5, 5.41) is 0. The van der Waals surface area contributed by atoms with Crippen LogP contribution < -0.4 is 0 Å². The molecule has 0 aliphatic rings. The second kappa shape index (κ2) is 13.4. The van der Waals surface area contributed by atoms with E-state index in [2.05, 4.69) is 0 Å². The van der Waals surface area contributed by atoms with Gasteiger partial charge in [-0.2, -0.15) is 0 Å².